The van der Waals surface area contributed by atoms with Crippen molar-refractivity contribution in [1.82, 2.24) is 14.0 Å². The number of halogens is 4. The summed E-state index contributed by atoms with van der Waals surface area (Å²) in [6, 6.07) is 15.9. The molecule has 0 saturated carbocycles. The highest BCUT2D eigenvalue weighted by molar-refractivity contribution is 5.50. The van der Waals surface area contributed by atoms with Crippen LogP contribution in [-0.4, -0.2) is 51.4 Å². The van der Waals surface area contributed by atoms with E-state index in [2.05, 4.69) is 0 Å². The van der Waals surface area contributed by atoms with Gasteiger partial charge in [0, 0.05) is 36.9 Å². The van der Waals surface area contributed by atoms with Gasteiger partial charge in [0.1, 0.15) is 17.3 Å². The predicted molar refractivity (Wildman–Crippen MR) is 156 cm³/mol. The second-order valence-corrected chi connectivity index (χ2v) is 10.8. The number of aromatic nitrogens is 2. The zero-order chi connectivity index (χ0) is 31.6. The van der Waals surface area contributed by atoms with Gasteiger partial charge in [-0.1, -0.05) is 48.5 Å². The van der Waals surface area contributed by atoms with Gasteiger partial charge in [0.05, 0.1) is 32.3 Å². The van der Waals surface area contributed by atoms with Crippen molar-refractivity contribution in [2.45, 2.75) is 44.8 Å². The van der Waals surface area contributed by atoms with Gasteiger partial charge in [-0.3, -0.25) is 18.8 Å². The van der Waals surface area contributed by atoms with Gasteiger partial charge in [0.15, 0.2) is 0 Å². The Labute approximate surface area is 250 Å². The number of rotatable bonds is 9. The van der Waals surface area contributed by atoms with Crippen LogP contribution in [0.4, 0.5) is 23.2 Å². The topological polar surface area (TPSA) is 110 Å². The molecule has 0 amide bonds. The molecule has 2 aromatic carbocycles. The molecule has 0 aliphatic carbocycles. The Bertz CT molecular complexity index is 1720. The van der Waals surface area contributed by atoms with E-state index in [9.17, 15) is 32.3 Å². The van der Waals surface area contributed by atoms with Crippen molar-refractivity contribution in [2.75, 3.05) is 31.1 Å². The van der Waals surface area contributed by atoms with Gasteiger partial charge < -0.3 is 20.2 Å². The summed E-state index contributed by atoms with van der Waals surface area (Å²) in [6.07, 6.45) is -4.61. The summed E-state index contributed by atoms with van der Waals surface area (Å²) >= 11 is 0. The maximum atomic E-state index is 14.7. The Kier molecular flexibility index (Phi) is 9.09. The Balaban J connectivity index is 1.49. The second-order valence-electron chi connectivity index (χ2n) is 10.8. The van der Waals surface area contributed by atoms with E-state index in [0.29, 0.717) is 5.69 Å². The second kappa shape index (κ2) is 12.8. The molecule has 2 atom stereocenters. The number of alkyl halides is 3. The molecule has 44 heavy (non-hydrogen) atoms. The van der Waals surface area contributed by atoms with E-state index in [-0.39, 0.29) is 62.9 Å². The molecule has 4 aromatic rings. The molecule has 1 saturated heterocycles. The average molecular weight is 616 g/mol. The van der Waals surface area contributed by atoms with Crippen LogP contribution in [0, 0.1) is 12.7 Å². The molecule has 1 fully saturated rings. The Morgan fingerprint density at radius 1 is 0.977 bits per heavy atom. The van der Waals surface area contributed by atoms with E-state index in [1.165, 1.54) is 16.7 Å². The quantitative estimate of drug-likeness (QED) is 0.278. The zero-order valence-electron chi connectivity index (χ0n) is 24.0. The highest BCUT2D eigenvalue weighted by Gasteiger charge is 2.36. The number of benzene rings is 2. The number of nitrogens with two attached hydrogens (primary N) is 1. The molecule has 1 unspecified atom stereocenters. The lowest BCUT2D eigenvalue weighted by Gasteiger charge is -2.41. The van der Waals surface area contributed by atoms with Crippen LogP contribution in [0.3, 0.4) is 0 Å². The first-order valence-corrected chi connectivity index (χ1v) is 14.1. The maximum Gasteiger partial charge on any atom is 0.449 e. The molecule has 13 heteroatoms. The van der Waals surface area contributed by atoms with Crippen molar-refractivity contribution >= 4 is 5.69 Å². The van der Waals surface area contributed by atoms with E-state index in [4.69, 9.17) is 10.2 Å². The number of piperazine rings is 1. The fourth-order valence-corrected chi connectivity index (χ4v) is 5.59. The molecular weight excluding hydrogens is 582 g/mol. The summed E-state index contributed by atoms with van der Waals surface area (Å²) in [6.45, 7) is 1.72. The summed E-state index contributed by atoms with van der Waals surface area (Å²) in [5.74, 6) is -1.51. The standard InChI is InChI=1S/C31H33F4N5O4/c1-20-28(38-14-13-37(23(16-38)19-41)17-24-11-12-27(44-24)31(33,34)35)29(42)40(18-26(36)21-7-3-2-4-8-21)30(43)39(20)15-22-9-5-6-10-25(22)32/h2-12,23,26,41H,13-19,36H2,1H3/t23?,26-/m0/s1. The Hall–Kier alpha value is -4.20. The monoisotopic (exact) mass is 615 g/mol. The van der Waals surface area contributed by atoms with Crippen LogP contribution in [0.2, 0.25) is 0 Å². The molecule has 3 N–H and O–H groups in total. The molecule has 9 nitrogen and oxygen atoms in total. The number of aliphatic hydroxyl groups excluding tert-OH is 1. The SMILES string of the molecule is Cc1c(N2CCN(Cc3ccc(C(F)(F)F)o3)C(CO)C2)c(=O)n(C[C@H](N)c2ccccc2)c(=O)n1Cc1ccccc1F. The van der Waals surface area contributed by atoms with Gasteiger partial charge in [-0.15, -0.1) is 0 Å². The van der Waals surface area contributed by atoms with E-state index >= 15 is 0 Å². The summed E-state index contributed by atoms with van der Waals surface area (Å²) in [5, 5.41) is 10.2. The molecule has 5 rings (SSSR count). The molecule has 2 aromatic heterocycles. The lowest BCUT2D eigenvalue weighted by atomic mass is 10.1. The average Bonchev–Trinajstić information content (AvgIpc) is 3.49. The van der Waals surface area contributed by atoms with Crippen LogP contribution in [0.25, 0.3) is 0 Å². The van der Waals surface area contributed by atoms with Crippen molar-refractivity contribution in [3.8, 4) is 0 Å². The van der Waals surface area contributed by atoms with Crippen LogP contribution in [0.1, 0.15) is 34.4 Å². The maximum absolute atomic E-state index is 14.7. The minimum absolute atomic E-state index is 0.0249. The number of anilines is 1. The third-order valence-corrected chi connectivity index (χ3v) is 7.98. The van der Waals surface area contributed by atoms with E-state index in [1.54, 1.807) is 59.2 Å². The molecule has 1 aliphatic heterocycles. The van der Waals surface area contributed by atoms with Gasteiger partial charge in [0.25, 0.3) is 5.56 Å². The predicted octanol–water partition coefficient (Wildman–Crippen LogP) is 3.50. The van der Waals surface area contributed by atoms with Crippen LogP contribution in [0.15, 0.2) is 80.7 Å². The van der Waals surface area contributed by atoms with E-state index in [1.807, 2.05) is 6.07 Å². The number of hydrogen-bond donors (Lipinski definition) is 2. The van der Waals surface area contributed by atoms with Gasteiger partial charge >= 0.3 is 11.9 Å². The molecule has 3 heterocycles. The third kappa shape index (κ3) is 6.49. The lowest BCUT2D eigenvalue weighted by molar-refractivity contribution is -0.153. The zero-order valence-corrected chi connectivity index (χ0v) is 24.0. The highest BCUT2D eigenvalue weighted by Crippen LogP contribution is 2.31. The summed E-state index contributed by atoms with van der Waals surface area (Å²) in [5.41, 5.74) is 6.72. The van der Waals surface area contributed by atoms with Crippen LogP contribution >= 0.6 is 0 Å². The van der Waals surface area contributed by atoms with Crippen molar-refractivity contribution in [2.24, 2.45) is 5.73 Å². The van der Waals surface area contributed by atoms with Gasteiger partial charge in [-0.05, 0) is 30.7 Å². The smallest absolute Gasteiger partial charge is 0.449 e. The van der Waals surface area contributed by atoms with Gasteiger partial charge in [0.2, 0.25) is 5.76 Å². The Morgan fingerprint density at radius 2 is 1.68 bits per heavy atom. The number of hydrogen-bond acceptors (Lipinski definition) is 7. The van der Waals surface area contributed by atoms with Crippen molar-refractivity contribution in [3.63, 3.8) is 0 Å². The minimum Gasteiger partial charge on any atom is -0.455 e. The number of aliphatic hydroxyl groups is 1. The first-order chi connectivity index (χ1) is 21.0. The van der Waals surface area contributed by atoms with Crippen molar-refractivity contribution in [3.05, 3.63) is 122 Å². The molecule has 0 radical (unpaired) electrons. The fourth-order valence-electron chi connectivity index (χ4n) is 5.59. The summed E-state index contributed by atoms with van der Waals surface area (Å²) in [7, 11) is 0. The van der Waals surface area contributed by atoms with Crippen LogP contribution in [0.5, 0.6) is 0 Å². The summed E-state index contributed by atoms with van der Waals surface area (Å²) in [4.78, 5) is 31.3. The van der Waals surface area contributed by atoms with Gasteiger partial charge in [-0.2, -0.15) is 13.2 Å². The van der Waals surface area contributed by atoms with Crippen molar-refractivity contribution in [1.29, 1.82) is 0 Å². The fraction of sp³-hybridized carbons (Fsp3) is 0.355. The van der Waals surface area contributed by atoms with Gasteiger partial charge in [-0.25, -0.2) is 9.18 Å². The molecule has 1 aliphatic rings. The highest BCUT2D eigenvalue weighted by atomic mass is 19.4. The molecular formula is C31H33F4N5O4. The largest absolute Gasteiger partial charge is 0.455 e. The van der Waals surface area contributed by atoms with Crippen molar-refractivity contribution < 1.29 is 27.1 Å². The van der Waals surface area contributed by atoms with E-state index < -0.39 is 41.1 Å². The minimum atomic E-state index is -4.61. The Morgan fingerprint density at radius 3 is 2.34 bits per heavy atom. The van der Waals surface area contributed by atoms with Crippen LogP contribution < -0.4 is 21.9 Å². The number of furan rings is 1. The normalized spacial score (nSPS) is 16.8. The number of nitrogens with zero attached hydrogens (tertiary/aromatic N) is 4. The molecule has 234 valence electrons. The first kappa shape index (κ1) is 31.2. The summed E-state index contributed by atoms with van der Waals surface area (Å²) < 4.78 is 61.1. The lowest BCUT2D eigenvalue weighted by Crippen LogP contribution is -2.56. The van der Waals surface area contributed by atoms with Crippen LogP contribution in [-0.2, 0) is 25.8 Å². The molecule has 0 bridgehead atoms. The van der Waals surface area contributed by atoms with E-state index in [0.717, 1.165) is 16.2 Å². The molecule has 0 spiro atoms. The third-order valence-electron chi connectivity index (χ3n) is 7.98. The first-order valence-electron chi connectivity index (χ1n) is 14.1.